The number of halogens is 4. The minimum Gasteiger partial charge on any atom is -0.292 e. The van der Waals surface area contributed by atoms with Gasteiger partial charge >= 0.3 is 0 Å². The zero-order valence-electron chi connectivity index (χ0n) is 18.7. The van der Waals surface area contributed by atoms with Gasteiger partial charge in [0.1, 0.15) is 6.54 Å². The Morgan fingerprint density at radius 2 is 1.65 bits per heavy atom. The van der Waals surface area contributed by atoms with E-state index in [-0.39, 0.29) is 48.3 Å². The van der Waals surface area contributed by atoms with Gasteiger partial charge in [-0.05, 0) is 36.5 Å². The fourth-order valence-electron chi connectivity index (χ4n) is 5.63. The summed E-state index contributed by atoms with van der Waals surface area (Å²) in [6.07, 6.45) is 0.691. The van der Waals surface area contributed by atoms with Crippen molar-refractivity contribution in [2.24, 2.45) is 23.7 Å². The summed E-state index contributed by atoms with van der Waals surface area (Å²) in [5.41, 5.74) is -0.416. The lowest BCUT2D eigenvalue weighted by Gasteiger charge is -2.31. The number of rotatable bonds is 6. The van der Waals surface area contributed by atoms with Gasteiger partial charge in [0.2, 0.25) is 0 Å². The number of hydrogen-bond donors (Lipinski definition) is 0. The Morgan fingerprint density at radius 1 is 1.03 bits per heavy atom. The second-order valence-electron chi connectivity index (χ2n) is 9.21. The fraction of sp³-hybridized carbons (Fsp3) is 0.333. The molecule has 2 aromatic rings. The zero-order chi connectivity index (χ0) is 26.8. The number of hydrazine groups is 1. The lowest BCUT2D eigenvalue weighted by atomic mass is 9.81. The third-order valence-corrected chi connectivity index (χ3v) is 11.0. The van der Waals surface area contributed by atoms with E-state index in [0.29, 0.717) is 6.42 Å². The molecule has 0 spiro atoms. The smallest absolute Gasteiger partial charge is 0.274 e. The van der Waals surface area contributed by atoms with Crippen molar-refractivity contribution in [3.05, 3.63) is 73.8 Å². The first-order chi connectivity index (χ1) is 17.5. The minimum atomic E-state index is -0.847. The van der Waals surface area contributed by atoms with Crippen molar-refractivity contribution in [3.63, 3.8) is 0 Å². The van der Waals surface area contributed by atoms with Gasteiger partial charge in [-0.2, -0.15) is 5.01 Å². The molecular weight excluding hydrogens is 657 g/mol. The van der Waals surface area contributed by atoms with E-state index in [1.165, 1.54) is 36.4 Å². The first kappa shape index (κ1) is 26.3. The molecule has 1 aliphatic heterocycles. The molecule has 9 nitrogen and oxygen atoms in total. The summed E-state index contributed by atoms with van der Waals surface area (Å²) < 4.78 is 0. The summed E-state index contributed by atoms with van der Waals surface area (Å²) in [6.45, 7) is -0.708. The number of amides is 3. The highest BCUT2D eigenvalue weighted by Crippen LogP contribution is 2.60. The van der Waals surface area contributed by atoms with Crippen LogP contribution >= 0.6 is 55.1 Å². The molecule has 6 atom stereocenters. The van der Waals surface area contributed by atoms with Crippen LogP contribution in [0, 0.1) is 33.8 Å². The zero-order valence-corrected chi connectivity index (χ0v) is 23.4. The van der Waals surface area contributed by atoms with Gasteiger partial charge < -0.3 is 0 Å². The molecule has 2 saturated carbocycles. The first-order valence-electron chi connectivity index (χ1n) is 11.2. The van der Waals surface area contributed by atoms with Crippen LogP contribution in [0.3, 0.4) is 0 Å². The van der Waals surface area contributed by atoms with Crippen LogP contribution in [0.2, 0.25) is 10.0 Å². The molecule has 2 bridgehead atoms. The molecule has 1 saturated heterocycles. The number of alkyl halides is 2. The van der Waals surface area contributed by atoms with Gasteiger partial charge in [-0.15, -0.1) is 0 Å². The average Bonchev–Trinajstić information content (AvgIpc) is 3.47. The van der Waals surface area contributed by atoms with Crippen molar-refractivity contribution in [1.29, 1.82) is 0 Å². The van der Waals surface area contributed by atoms with E-state index in [2.05, 4.69) is 31.9 Å². The van der Waals surface area contributed by atoms with Gasteiger partial charge in [0.15, 0.2) is 5.78 Å². The van der Waals surface area contributed by atoms with Crippen molar-refractivity contribution >= 4 is 84.3 Å². The quantitative estimate of drug-likeness (QED) is 0.141. The number of nitrogens with zero attached hydrogens (tertiary/aromatic N) is 3. The van der Waals surface area contributed by atoms with E-state index in [9.17, 15) is 29.3 Å². The molecule has 0 N–H and O–H groups in total. The molecule has 2 aromatic carbocycles. The Kier molecular flexibility index (Phi) is 6.93. The number of hydrogen-bond acceptors (Lipinski definition) is 6. The highest BCUT2D eigenvalue weighted by Gasteiger charge is 2.67. The van der Waals surface area contributed by atoms with Crippen LogP contribution in [-0.4, -0.2) is 54.6 Å². The van der Waals surface area contributed by atoms with Gasteiger partial charge in [0.25, 0.3) is 23.4 Å². The fourth-order valence-corrected chi connectivity index (χ4v) is 7.99. The maximum absolute atomic E-state index is 13.7. The monoisotopic (exact) mass is 671 g/mol. The molecule has 0 radical (unpaired) electrons. The molecule has 13 heteroatoms. The maximum atomic E-state index is 13.7. The first-order valence-corrected chi connectivity index (χ1v) is 13.8. The third-order valence-electron chi connectivity index (χ3n) is 7.27. The second-order valence-corrected chi connectivity index (χ2v) is 12.2. The highest BCUT2D eigenvalue weighted by atomic mass is 79.9. The van der Waals surface area contributed by atoms with Crippen LogP contribution in [0.1, 0.15) is 27.1 Å². The number of Topliss-reactive ketones (excluding diaryl/α,β-unsaturated/α-hetero) is 1. The molecular formula is C24H17Br2Cl2N3O6. The van der Waals surface area contributed by atoms with E-state index in [1.54, 1.807) is 0 Å². The molecule has 0 unspecified atom stereocenters. The number of nitro benzene ring substituents is 1. The number of nitro groups is 1. The second kappa shape index (κ2) is 9.76. The third kappa shape index (κ3) is 4.29. The van der Waals surface area contributed by atoms with Crippen LogP contribution in [-0.2, 0) is 9.59 Å². The molecule has 3 aliphatic rings. The van der Waals surface area contributed by atoms with Crippen LogP contribution in [0.5, 0.6) is 0 Å². The van der Waals surface area contributed by atoms with Gasteiger partial charge in [-0.1, -0.05) is 67.2 Å². The minimum absolute atomic E-state index is 0.0168. The van der Waals surface area contributed by atoms with Gasteiger partial charge in [-0.3, -0.25) is 29.3 Å². The Bertz CT molecular complexity index is 1340. The van der Waals surface area contributed by atoms with Gasteiger partial charge in [0.05, 0.1) is 27.3 Å². The molecule has 3 amide bonds. The Balaban J connectivity index is 1.53. The summed E-state index contributed by atoms with van der Waals surface area (Å²) in [6, 6.07) is 9.11. The molecule has 0 aromatic heterocycles. The SMILES string of the molecule is O=C(CN(C(=O)c1ccc(Cl)cc1Cl)N1C(=O)[C@@H]2[C@H]3C[C@@H]([C@H](Br)[C@H]3Br)[C@H]2C1=O)c1cccc([N+](=O)[O-])c1. The number of benzene rings is 2. The lowest BCUT2D eigenvalue weighted by molar-refractivity contribution is -0.384. The Hall–Kier alpha value is -2.34. The van der Waals surface area contributed by atoms with Crippen molar-refractivity contribution in [1.82, 2.24) is 10.0 Å². The number of imide groups is 1. The van der Waals surface area contributed by atoms with E-state index in [1.807, 2.05) is 0 Å². The Labute approximate surface area is 237 Å². The summed E-state index contributed by atoms with van der Waals surface area (Å²) in [5, 5.41) is 13.0. The number of carbonyl (C=O) groups excluding carboxylic acids is 4. The summed E-state index contributed by atoms with van der Waals surface area (Å²) >= 11 is 19.5. The number of ketones is 1. The Morgan fingerprint density at radius 3 is 2.22 bits per heavy atom. The summed E-state index contributed by atoms with van der Waals surface area (Å²) in [4.78, 5) is 64.7. The summed E-state index contributed by atoms with van der Waals surface area (Å²) in [5.74, 6) is -4.12. The van der Waals surface area contributed by atoms with Crippen LogP contribution in [0.4, 0.5) is 5.69 Å². The van der Waals surface area contributed by atoms with Gasteiger partial charge in [0, 0.05) is 32.4 Å². The predicted molar refractivity (Wildman–Crippen MR) is 141 cm³/mol. The largest absolute Gasteiger partial charge is 0.292 e. The molecule has 2 aliphatic carbocycles. The summed E-state index contributed by atoms with van der Waals surface area (Å²) in [7, 11) is 0. The molecule has 192 valence electrons. The number of carbonyl (C=O) groups is 4. The van der Waals surface area contributed by atoms with Crippen molar-refractivity contribution in [3.8, 4) is 0 Å². The van der Waals surface area contributed by atoms with E-state index >= 15 is 0 Å². The predicted octanol–water partition coefficient (Wildman–Crippen LogP) is 4.92. The molecule has 1 heterocycles. The van der Waals surface area contributed by atoms with E-state index < -0.39 is 46.8 Å². The topological polar surface area (TPSA) is 118 Å². The number of fused-ring (bicyclic) bond motifs is 5. The highest BCUT2D eigenvalue weighted by molar-refractivity contribution is 9.12. The van der Waals surface area contributed by atoms with Crippen LogP contribution < -0.4 is 0 Å². The molecule has 37 heavy (non-hydrogen) atoms. The van der Waals surface area contributed by atoms with Crippen molar-refractivity contribution < 1.29 is 24.1 Å². The number of non-ortho nitro benzene ring substituents is 1. The average molecular weight is 674 g/mol. The van der Waals surface area contributed by atoms with Crippen molar-refractivity contribution in [2.75, 3.05) is 6.54 Å². The van der Waals surface area contributed by atoms with Crippen LogP contribution in [0.15, 0.2) is 42.5 Å². The lowest BCUT2D eigenvalue weighted by Crippen LogP contribution is -2.52. The molecule has 5 rings (SSSR count). The standard InChI is InChI=1S/C24H17Br2Cl2N3O6/c25-20-14-8-15(21(20)26)19-18(14)23(34)30(24(19)35)29(22(33)13-5-4-11(27)7-16(13)28)9-17(32)10-2-1-3-12(6-10)31(36)37/h1-7,14-15,18-21H,8-9H2/t14-,15-,18-,19-,20+,21+/m1/s1. The molecule has 3 fully saturated rings. The van der Waals surface area contributed by atoms with E-state index in [4.69, 9.17) is 23.2 Å². The maximum Gasteiger partial charge on any atom is 0.274 e. The van der Waals surface area contributed by atoms with Gasteiger partial charge in [-0.25, -0.2) is 5.01 Å². The van der Waals surface area contributed by atoms with Crippen LogP contribution in [0.25, 0.3) is 0 Å². The normalized spacial score (nSPS) is 27.9. The van der Waals surface area contributed by atoms with E-state index in [0.717, 1.165) is 16.1 Å². The van der Waals surface area contributed by atoms with Crippen molar-refractivity contribution in [2.45, 2.75) is 16.1 Å².